The van der Waals surface area contributed by atoms with Gasteiger partial charge in [-0.1, -0.05) is 72.8 Å². The molecule has 1 aromatic heterocycles. The molecule has 2 heterocycles. The van der Waals surface area contributed by atoms with E-state index in [4.69, 9.17) is 0 Å². The lowest BCUT2D eigenvalue weighted by atomic mass is 10.1. The summed E-state index contributed by atoms with van der Waals surface area (Å²) in [6.07, 6.45) is 1.12. The predicted octanol–water partition coefficient (Wildman–Crippen LogP) is 4.92. The first-order chi connectivity index (χ1) is 17.7. The second kappa shape index (κ2) is 12.0. The Hall–Kier alpha value is -3.48. The highest BCUT2D eigenvalue weighted by atomic mass is 32.1. The summed E-state index contributed by atoms with van der Waals surface area (Å²) in [7, 11) is 0. The number of nitrogens with one attached hydrogen (secondary N) is 1. The van der Waals surface area contributed by atoms with E-state index in [9.17, 15) is 4.79 Å². The Morgan fingerprint density at radius 2 is 1.50 bits per heavy atom. The Kier molecular flexibility index (Phi) is 8.06. The number of piperazine rings is 1. The van der Waals surface area contributed by atoms with Crippen molar-refractivity contribution >= 4 is 22.9 Å². The first kappa shape index (κ1) is 24.2. The van der Waals surface area contributed by atoms with Gasteiger partial charge in [0, 0.05) is 56.8 Å². The number of thiazole rings is 1. The summed E-state index contributed by atoms with van der Waals surface area (Å²) in [6.45, 7) is 5.57. The summed E-state index contributed by atoms with van der Waals surface area (Å²) in [5, 5.41) is 6.16. The molecule has 1 aliphatic rings. The number of aromatic nitrogens is 1. The largest absolute Gasteiger partial charge is 0.369 e. The normalized spacial score (nSPS) is 14.1. The van der Waals surface area contributed by atoms with E-state index >= 15 is 0 Å². The first-order valence-electron chi connectivity index (χ1n) is 12.6. The first-order valence-corrected chi connectivity index (χ1v) is 13.4. The molecule has 5 nitrogen and oxygen atoms in total. The van der Waals surface area contributed by atoms with Gasteiger partial charge in [-0.05, 0) is 28.8 Å². The summed E-state index contributed by atoms with van der Waals surface area (Å²) in [6, 6.07) is 29.4. The molecular weight excluding hydrogens is 464 g/mol. The maximum atomic E-state index is 12.7. The number of hydrogen-bond acceptors (Lipinski definition) is 5. The fraction of sp³-hybridized carbons (Fsp3) is 0.267. The molecule has 0 unspecified atom stereocenters. The number of carbonyl (C=O) groups excluding carboxylic acids is 1. The summed E-state index contributed by atoms with van der Waals surface area (Å²) in [5.41, 5.74) is 5.84. The lowest BCUT2D eigenvalue weighted by Gasteiger charge is -2.36. The Bertz CT molecular complexity index is 1250. The maximum absolute atomic E-state index is 12.7. The number of amides is 1. The molecule has 1 fully saturated rings. The monoisotopic (exact) mass is 496 g/mol. The molecule has 1 N–H and O–H groups in total. The zero-order valence-electron chi connectivity index (χ0n) is 20.5. The van der Waals surface area contributed by atoms with Crippen LogP contribution in [0.2, 0.25) is 0 Å². The van der Waals surface area contributed by atoms with Gasteiger partial charge in [0.05, 0.1) is 17.1 Å². The molecule has 0 atom stereocenters. The molecular formula is C30H32N4OS. The molecule has 1 saturated heterocycles. The molecule has 1 aliphatic heterocycles. The van der Waals surface area contributed by atoms with Crippen molar-refractivity contribution in [2.75, 3.05) is 31.1 Å². The molecule has 1 amide bonds. The lowest BCUT2D eigenvalue weighted by Crippen LogP contribution is -2.46. The van der Waals surface area contributed by atoms with Gasteiger partial charge in [-0.2, -0.15) is 0 Å². The van der Waals surface area contributed by atoms with E-state index in [1.165, 1.54) is 22.4 Å². The summed E-state index contributed by atoms with van der Waals surface area (Å²) in [5.74, 6) is 0.0119. The summed E-state index contributed by atoms with van der Waals surface area (Å²) >= 11 is 1.62. The van der Waals surface area contributed by atoms with Gasteiger partial charge < -0.3 is 10.2 Å². The molecule has 0 spiro atoms. The van der Waals surface area contributed by atoms with Crippen LogP contribution in [0.3, 0.4) is 0 Å². The van der Waals surface area contributed by atoms with Crippen molar-refractivity contribution in [1.82, 2.24) is 15.2 Å². The van der Waals surface area contributed by atoms with Crippen molar-refractivity contribution in [3.8, 4) is 0 Å². The van der Waals surface area contributed by atoms with Crippen LogP contribution in [0.5, 0.6) is 0 Å². The topological polar surface area (TPSA) is 48.5 Å². The fourth-order valence-corrected chi connectivity index (χ4v) is 5.46. The fourth-order valence-electron chi connectivity index (χ4n) is 4.63. The van der Waals surface area contributed by atoms with Gasteiger partial charge >= 0.3 is 0 Å². The van der Waals surface area contributed by atoms with E-state index in [1.807, 2.05) is 23.6 Å². The molecule has 5 rings (SSSR count). The number of hydrogen-bond donors (Lipinski definition) is 1. The highest BCUT2D eigenvalue weighted by Crippen LogP contribution is 2.19. The molecule has 184 valence electrons. The minimum atomic E-state index is 0.0119. The second-order valence-corrected chi connectivity index (χ2v) is 10.2. The molecule has 0 bridgehead atoms. The number of para-hydroxylation sites is 1. The Morgan fingerprint density at radius 1 is 0.833 bits per heavy atom. The minimum absolute atomic E-state index is 0.0119. The standard InChI is InChI=1S/C30H32N4OS/c35-29(20-27-23-36-30(32-27)19-24-9-3-1-4-10-24)31-21-25-11-7-8-12-26(25)22-33-15-17-34(18-16-33)28-13-5-2-6-14-28/h1-14,23H,15-22H2,(H,31,35). The smallest absolute Gasteiger partial charge is 0.226 e. The molecule has 0 saturated carbocycles. The second-order valence-electron chi connectivity index (χ2n) is 9.22. The Morgan fingerprint density at radius 3 is 2.25 bits per heavy atom. The van der Waals surface area contributed by atoms with Crippen LogP contribution in [0.4, 0.5) is 5.69 Å². The van der Waals surface area contributed by atoms with Crippen molar-refractivity contribution in [3.63, 3.8) is 0 Å². The third-order valence-corrected chi connectivity index (χ3v) is 7.52. The van der Waals surface area contributed by atoms with E-state index < -0.39 is 0 Å². The van der Waals surface area contributed by atoms with E-state index in [-0.39, 0.29) is 5.91 Å². The zero-order valence-corrected chi connectivity index (χ0v) is 21.3. The average molecular weight is 497 g/mol. The third kappa shape index (κ3) is 6.59. The van der Waals surface area contributed by atoms with Crippen LogP contribution in [0.1, 0.15) is 27.4 Å². The van der Waals surface area contributed by atoms with Gasteiger partial charge in [0.1, 0.15) is 0 Å². The van der Waals surface area contributed by atoms with E-state index in [2.05, 4.69) is 86.8 Å². The van der Waals surface area contributed by atoms with Gasteiger partial charge in [0.2, 0.25) is 5.91 Å². The Balaban J connectivity index is 1.11. The van der Waals surface area contributed by atoms with Gasteiger partial charge in [-0.3, -0.25) is 9.69 Å². The molecule has 36 heavy (non-hydrogen) atoms. The summed E-state index contributed by atoms with van der Waals surface area (Å²) < 4.78 is 0. The van der Waals surface area contributed by atoms with Crippen LogP contribution in [-0.2, 0) is 30.7 Å². The van der Waals surface area contributed by atoms with Crippen molar-refractivity contribution < 1.29 is 4.79 Å². The highest BCUT2D eigenvalue weighted by molar-refractivity contribution is 7.09. The van der Waals surface area contributed by atoms with Gasteiger partial charge in [0.25, 0.3) is 0 Å². The van der Waals surface area contributed by atoms with Crippen LogP contribution in [-0.4, -0.2) is 42.0 Å². The number of rotatable bonds is 9. The van der Waals surface area contributed by atoms with Crippen LogP contribution < -0.4 is 10.2 Å². The number of benzene rings is 3. The van der Waals surface area contributed by atoms with E-state index in [1.54, 1.807) is 11.3 Å². The Labute approximate surface area is 217 Å². The van der Waals surface area contributed by atoms with Crippen molar-refractivity contribution in [2.24, 2.45) is 0 Å². The molecule has 0 radical (unpaired) electrons. The third-order valence-electron chi connectivity index (χ3n) is 6.62. The zero-order chi connectivity index (χ0) is 24.6. The maximum Gasteiger partial charge on any atom is 0.226 e. The quantitative estimate of drug-likeness (QED) is 0.358. The average Bonchev–Trinajstić information content (AvgIpc) is 3.36. The molecule has 4 aromatic rings. The van der Waals surface area contributed by atoms with Crippen LogP contribution in [0.15, 0.2) is 90.3 Å². The van der Waals surface area contributed by atoms with Crippen molar-refractivity contribution in [3.05, 3.63) is 118 Å². The van der Waals surface area contributed by atoms with Gasteiger partial charge in [-0.25, -0.2) is 4.98 Å². The van der Waals surface area contributed by atoms with Crippen LogP contribution in [0.25, 0.3) is 0 Å². The molecule has 3 aromatic carbocycles. The SMILES string of the molecule is O=C(Cc1csc(Cc2ccccc2)n1)NCc1ccccc1CN1CCN(c2ccccc2)CC1. The van der Waals surface area contributed by atoms with E-state index in [0.29, 0.717) is 13.0 Å². The molecule has 0 aliphatic carbocycles. The summed E-state index contributed by atoms with van der Waals surface area (Å²) in [4.78, 5) is 22.3. The van der Waals surface area contributed by atoms with Gasteiger partial charge in [-0.15, -0.1) is 11.3 Å². The van der Waals surface area contributed by atoms with Crippen molar-refractivity contribution in [1.29, 1.82) is 0 Å². The van der Waals surface area contributed by atoms with Gasteiger partial charge in [0.15, 0.2) is 0 Å². The van der Waals surface area contributed by atoms with Crippen molar-refractivity contribution in [2.45, 2.75) is 25.9 Å². The number of carbonyl (C=O) groups is 1. The van der Waals surface area contributed by atoms with Crippen LogP contribution in [0, 0.1) is 0 Å². The highest BCUT2D eigenvalue weighted by Gasteiger charge is 2.18. The minimum Gasteiger partial charge on any atom is -0.369 e. The molecule has 6 heteroatoms. The predicted molar refractivity (Wildman–Crippen MR) is 147 cm³/mol. The van der Waals surface area contributed by atoms with Crippen LogP contribution >= 0.6 is 11.3 Å². The number of nitrogens with zero attached hydrogens (tertiary/aromatic N) is 3. The number of anilines is 1. The van der Waals surface area contributed by atoms with E-state index in [0.717, 1.165) is 49.8 Å². The lowest BCUT2D eigenvalue weighted by molar-refractivity contribution is -0.120.